The lowest BCUT2D eigenvalue weighted by Gasteiger charge is -2.11. The van der Waals surface area contributed by atoms with Crippen LogP contribution in [0.4, 0.5) is 0 Å². The predicted molar refractivity (Wildman–Crippen MR) is 48.2 cm³/mol. The highest BCUT2D eigenvalue weighted by Gasteiger charge is 2.09. The Balaban J connectivity index is 2.34. The largest absolute Gasteiger partial charge is 0.385 e. The minimum absolute atomic E-state index is 0.160. The molecule has 0 saturated carbocycles. The van der Waals surface area contributed by atoms with Gasteiger partial charge in [0.1, 0.15) is 6.10 Å². The van der Waals surface area contributed by atoms with Gasteiger partial charge in [0.2, 0.25) is 0 Å². The van der Waals surface area contributed by atoms with Crippen LogP contribution in [0.5, 0.6) is 0 Å². The van der Waals surface area contributed by atoms with Gasteiger partial charge in [-0.3, -0.25) is 4.98 Å². The SMILES string of the molecule is CC(C)OCC(O)c1cncs1. The zero-order valence-corrected chi connectivity index (χ0v) is 8.04. The Kier molecular flexibility index (Phi) is 3.65. The van der Waals surface area contributed by atoms with E-state index >= 15 is 0 Å². The lowest BCUT2D eigenvalue weighted by Crippen LogP contribution is -2.10. The van der Waals surface area contributed by atoms with Crippen LogP contribution in [0.3, 0.4) is 0 Å². The van der Waals surface area contributed by atoms with Crippen LogP contribution >= 0.6 is 11.3 Å². The monoisotopic (exact) mass is 187 g/mol. The number of aliphatic hydroxyl groups excluding tert-OH is 1. The third-order valence-electron chi connectivity index (χ3n) is 1.37. The second kappa shape index (κ2) is 4.54. The van der Waals surface area contributed by atoms with E-state index in [1.807, 2.05) is 13.8 Å². The van der Waals surface area contributed by atoms with Crippen molar-refractivity contribution >= 4 is 11.3 Å². The predicted octanol–water partition coefficient (Wildman–Crippen LogP) is 1.60. The molecule has 68 valence electrons. The average Bonchev–Trinajstić information content (AvgIpc) is 2.51. The van der Waals surface area contributed by atoms with E-state index in [1.165, 1.54) is 11.3 Å². The molecule has 1 aromatic heterocycles. The Hall–Kier alpha value is -0.450. The van der Waals surface area contributed by atoms with Gasteiger partial charge in [-0.25, -0.2) is 0 Å². The van der Waals surface area contributed by atoms with Crippen LogP contribution in [0.1, 0.15) is 24.8 Å². The minimum atomic E-state index is -0.528. The van der Waals surface area contributed by atoms with Gasteiger partial charge in [-0.15, -0.1) is 11.3 Å². The average molecular weight is 187 g/mol. The molecule has 0 fully saturated rings. The van der Waals surface area contributed by atoms with Crippen molar-refractivity contribution in [3.63, 3.8) is 0 Å². The highest BCUT2D eigenvalue weighted by Crippen LogP contribution is 2.17. The summed E-state index contributed by atoms with van der Waals surface area (Å²) < 4.78 is 5.26. The fourth-order valence-electron chi connectivity index (χ4n) is 0.756. The molecule has 4 heteroatoms. The standard InChI is InChI=1S/C8H13NO2S/c1-6(2)11-4-7(10)8-3-9-5-12-8/h3,5-7,10H,4H2,1-2H3. The van der Waals surface area contributed by atoms with Crippen molar-refractivity contribution in [2.45, 2.75) is 26.1 Å². The van der Waals surface area contributed by atoms with E-state index < -0.39 is 6.10 Å². The third kappa shape index (κ3) is 2.89. The summed E-state index contributed by atoms with van der Waals surface area (Å²) in [6.45, 7) is 4.23. The second-order valence-electron chi connectivity index (χ2n) is 2.80. The molecule has 0 spiro atoms. The van der Waals surface area contributed by atoms with Crippen LogP contribution in [0, 0.1) is 0 Å². The Morgan fingerprint density at radius 2 is 2.42 bits per heavy atom. The van der Waals surface area contributed by atoms with E-state index in [9.17, 15) is 5.11 Å². The first-order valence-electron chi connectivity index (χ1n) is 3.88. The zero-order chi connectivity index (χ0) is 8.97. The topological polar surface area (TPSA) is 42.4 Å². The molecule has 0 aromatic carbocycles. The first kappa shape index (κ1) is 9.64. The molecule has 1 aromatic rings. The zero-order valence-electron chi connectivity index (χ0n) is 7.23. The Morgan fingerprint density at radius 3 is 2.92 bits per heavy atom. The quantitative estimate of drug-likeness (QED) is 0.778. The summed E-state index contributed by atoms with van der Waals surface area (Å²) in [6.07, 6.45) is 1.30. The molecule has 1 unspecified atom stereocenters. The summed E-state index contributed by atoms with van der Waals surface area (Å²) in [5, 5.41) is 9.50. The first-order valence-corrected chi connectivity index (χ1v) is 4.76. The maximum absolute atomic E-state index is 9.50. The van der Waals surface area contributed by atoms with Crippen molar-refractivity contribution in [3.8, 4) is 0 Å². The highest BCUT2D eigenvalue weighted by atomic mass is 32.1. The molecule has 0 aliphatic rings. The third-order valence-corrected chi connectivity index (χ3v) is 2.24. The maximum Gasteiger partial charge on any atom is 0.113 e. The molecule has 0 bridgehead atoms. The van der Waals surface area contributed by atoms with Gasteiger partial charge in [0, 0.05) is 6.20 Å². The Bertz CT molecular complexity index is 211. The number of ether oxygens (including phenoxy) is 1. The lowest BCUT2D eigenvalue weighted by atomic mass is 10.3. The molecule has 0 saturated heterocycles. The number of hydrogen-bond acceptors (Lipinski definition) is 4. The molecule has 12 heavy (non-hydrogen) atoms. The number of thiazole rings is 1. The number of nitrogens with zero attached hydrogens (tertiary/aromatic N) is 1. The summed E-state index contributed by atoms with van der Waals surface area (Å²) in [5.41, 5.74) is 1.70. The molecule has 3 nitrogen and oxygen atoms in total. The molecule has 0 aliphatic carbocycles. The molecule has 0 aliphatic heterocycles. The normalized spacial score (nSPS) is 13.7. The van der Waals surface area contributed by atoms with Crippen LogP contribution in [-0.2, 0) is 4.74 Å². The van der Waals surface area contributed by atoms with Crippen molar-refractivity contribution in [1.82, 2.24) is 4.98 Å². The van der Waals surface area contributed by atoms with Gasteiger partial charge in [-0.05, 0) is 13.8 Å². The van der Waals surface area contributed by atoms with Gasteiger partial charge in [-0.2, -0.15) is 0 Å². The Morgan fingerprint density at radius 1 is 1.67 bits per heavy atom. The van der Waals surface area contributed by atoms with Crippen LogP contribution in [0.25, 0.3) is 0 Å². The molecule has 1 atom stereocenters. The van der Waals surface area contributed by atoms with Gasteiger partial charge in [0.25, 0.3) is 0 Å². The lowest BCUT2D eigenvalue weighted by molar-refractivity contribution is 0.00626. The van der Waals surface area contributed by atoms with Gasteiger partial charge in [0.15, 0.2) is 0 Å². The fraction of sp³-hybridized carbons (Fsp3) is 0.625. The van der Waals surface area contributed by atoms with Crippen molar-refractivity contribution in [3.05, 3.63) is 16.6 Å². The maximum atomic E-state index is 9.50. The van der Waals surface area contributed by atoms with Crippen molar-refractivity contribution in [2.75, 3.05) is 6.61 Å². The molecule has 1 heterocycles. The molecule has 1 N–H and O–H groups in total. The number of hydrogen-bond donors (Lipinski definition) is 1. The molecule has 0 radical (unpaired) electrons. The summed E-state index contributed by atoms with van der Waals surface area (Å²) in [5.74, 6) is 0. The summed E-state index contributed by atoms with van der Waals surface area (Å²) in [6, 6.07) is 0. The first-order chi connectivity index (χ1) is 5.70. The van der Waals surface area contributed by atoms with Crippen molar-refractivity contribution < 1.29 is 9.84 Å². The Labute approximate surface area is 76.0 Å². The van der Waals surface area contributed by atoms with Gasteiger partial charge in [0.05, 0.1) is 23.1 Å². The number of rotatable bonds is 4. The highest BCUT2D eigenvalue weighted by molar-refractivity contribution is 7.09. The van der Waals surface area contributed by atoms with E-state index in [0.717, 1.165) is 4.88 Å². The van der Waals surface area contributed by atoms with Gasteiger partial charge < -0.3 is 9.84 Å². The van der Waals surface area contributed by atoms with Crippen molar-refractivity contribution in [2.24, 2.45) is 0 Å². The molecule has 0 amide bonds. The number of aliphatic hydroxyl groups is 1. The molecule has 1 rings (SSSR count). The van der Waals surface area contributed by atoms with Gasteiger partial charge in [-0.1, -0.05) is 0 Å². The minimum Gasteiger partial charge on any atom is -0.385 e. The van der Waals surface area contributed by atoms with E-state index in [0.29, 0.717) is 6.61 Å². The smallest absolute Gasteiger partial charge is 0.113 e. The fourth-order valence-corrected chi connectivity index (χ4v) is 1.35. The van der Waals surface area contributed by atoms with E-state index in [2.05, 4.69) is 4.98 Å². The summed E-state index contributed by atoms with van der Waals surface area (Å²) in [7, 11) is 0. The second-order valence-corrected chi connectivity index (χ2v) is 3.72. The number of aromatic nitrogens is 1. The van der Waals surface area contributed by atoms with Crippen LogP contribution in [-0.4, -0.2) is 22.8 Å². The molecular formula is C8H13NO2S. The summed E-state index contributed by atoms with van der Waals surface area (Å²) >= 11 is 1.44. The van der Waals surface area contributed by atoms with Crippen LogP contribution in [0.15, 0.2) is 11.7 Å². The van der Waals surface area contributed by atoms with E-state index in [-0.39, 0.29) is 6.10 Å². The van der Waals surface area contributed by atoms with E-state index in [1.54, 1.807) is 11.7 Å². The van der Waals surface area contributed by atoms with E-state index in [4.69, 9.17) is 4.74 Å². The van der Waals surface area contributed by atoms with Crippen LogP contribution in [0.2, 0.25) is 0 Å². The summed E-state index contributed by atoms with van der Waals surface area (Å²) in [4.78, 5) is 4.73. The molecular weight excluding hydrogens is 174 g/mol. The van der Waals surface area contributed by atoms with Crippen molar-refractivity contribution in [1.29, 1.82) is 0 Å². The van der Waals surface area contributed by atoms with Crippen LogP contribution < -0.4 is 0 Å². The van der Waals surface area contributed by atoms with Gasteiger partial charge >= 0.3 is 0 Å².